The Morgan fingerprint density at radius 1 is 0.966 bits per heavy atom. The summed E-state index contributed by atoms with van der Waals surface area (Å²) in [5.41, 5.74) is 2.37. The van der Waals surface area contributed by atoms with Gasteiger partial charge in [0.05, 0.1) is 16.4 Å². The molecule has 6 heteroatoms. The fraction of sp³-hybridized carbons (Fsp3) is 0. The maximum absolute atomic E-state index is 13.5. The Kier molecular flexibility index (Phi) is 5.54. The molecule has 4 nitrogen and oxygen atoms in total. The van der Waals surface area contributed by atoms with Crippen molar-refractivity contribution in [3.8, 4) is 0 Å². The van der Waals surface area contributed by atoms with E-state index in [-0.39, 0.29) is 11.7 Å². The molecule has 0 aliphatic heterocycles. The average Bonchev–Trinajstić information content (AvgIpc) is 3.16. The molecule has 29 heavy (non-hydrogen) atoms. The number of aromatic nitrogens is 1. The predicted octanol–water partition coefficient (Wildman–Crippen LogP) is 5.52. The third-order valence-electron chi connectivity index (χ3n) is 4.07. The first-order valence-electron chi connectivity index (χ1n) is 8.91. The van der Waals surface area contributed by atoms with Gasteiger partial charge >= 0.3 is 0 Å². The molecule has 0 saturated carbocycles. The number of hydrogen-bond acceptors (Lipinski definition) is 4. The van der Waals surface area contributed by atoms with Gasteiger partial charge in [-0.15, -0.1) is 0 Å². The molecule has 3 aromatic carbocycles. The van der Waals surface area contributed by atoms with Gasteiger partial charge in [0.2, 0.25) is 5.13 Å². The highest BCUT2D eigenvalue weighted by atomic mass is 32.1. The van der Waals surface area contributed by atoms with Crippen molar-refractivity contribution in [1.82, 2.24) is 4.98 Å². The first-order chi connectivity index (χ1) is 14.2. The quantitative estimate of drug-likeness (QED) is 0.251. The second kappa shape index (κ2) is 8.58. The van der Waals surface area contributed by atoms with Gasteiger partial charge in [-0.1, -0.05) is 72.0 Å². The average molecular weight is 401 g/mol. The lowest BCUT2D eigenvalue weighted by Crippen LogP contribution is -2.23. The monoisotopic (exact) mass is 401 g/mol. The number of thiazole rings is 1. The molecule has 4 aromatic rings. The van der Waals surface area contributed by atoms with Crippen LogP contribution < -0.4 is 5.01 Å². The van der Waals surface area contributed by atoms with Crippen LogP contribution in [0.5, 0.6) is 0 Å². The Labute approximate surface area is 171 Å². The van der Waals surface area contributed by atoms with Gasteiger partial charge in [-0.05, 0) is 35.4 Å². The Morgan fingerprint density at radius 3 is 2.38 bits per heavy atom. The minimum atomic E-state index is -0.347. The molecule has 1 amide bonds. The maximum atomic E-state index is 13.5. The number of rotatable bonds is 5. The number of carbonyl (C=O) groups is 1. The normalized spacial score (nSPS) is 11.5. The zero-order valence-electron chi connectivity index (χ0n) is 15.3. The summed E-state index contributed by atoms with van der Waals surface area (Å²) in [4.78, 5) is 17.4. The number of carbonyl (C=O) groups excluding carboxylic acids is 1. The van der Waals surface area contributed by atoms with E-state index in [1.807, 2.05) is 60.7 Å². The van der Waals surface area contributed by atoms with E-state index in [0.29, 0.717) is 15.3 Å². The zero-order chi connectivity index (χ0) is 20.1. The smallest absolute Gasteiger partial charge is 0.267 e. The molecule has 0 aliphatic carbocycles. The molecule has 0 spiro atoms. The molecule has 0 N–H and O–H groups in total. The van der Waals surface area contributed by atoms with Crippen LogP contribution in [0.2, 0.25) is 0 Å². The fourth-order valence-corrected chi connectivity index (χ4v) is 3.60. The number of hydrazone groups is 1. The van der Waals surface area contributed by atoms with Crippen LogP contribution in [0.1, 0.15) is 11.1 Å². The third-order valence-corrected chi connectivity index (χ3v) is 5.06. The predicted molar refractivity (Wildman–Crippen MR) is 117 cm³/mol. The van der Waals surface area contributed by atoms with Crippen molar-refractivity contribution in [1.29, 1.82) is 0 Å². The van der Waals surface area contributed by atoms with E-state index in [1.54, 1.807) is 18.4 Å². The lowest BCUT2D eigenvalue weighted by Gasteiger charge is -2.11. The number of halogens is 1. The van der Waals surface area contributed by atoms with Crippen LogP contribution in [0.25, 0.3) is 16.3 Å². The van der Waals surface area contributed by atoms with Gasteiger partial charge in [-0.25, -0.2) is 9.37 Å². The highest BCUT2D eigenvalue weighted by Crippen LogP contribution is 2.30. The van der Waals surface area contributed by atoms with Gasteiger partial charge in [0.25, 0.3) is 5.91 Å². The molecule has 0 bridgehead atoms. The van der Waals surface area contributed by atoms with Crippen molar-refractivity contribution in [3.63, 3.8) is 0 Å². The summed E-state index contributed by atoms with van der Waals surface area (Å²) in [5.74, 6) is -0.692. The molecule has 0 unspecified atom stereocenters. The van der Waals surface area contributed by atoms with Gasteiger partial charge < -0.3 is 0 Å². The summed E-state index contributed by atoms with van der Waals surface area (Å²) in [7, 11) is 0. The molecule has 0 fully saturated rings. The van der Waals surface area contributed by atoms with Crippen LogP contribution in [0.15, 0.2) is 90.0 Å². The van der Waals surface area contributed by atoms with Crippen molar-refractivity contribution in [2.24, 2.45) is 5.10 Å². The second-order valence-corrected chi connectivity index (χ2v) is 7.17. The number of anilines is 1. The number of nitrogens with zero attached hydrogens (tertiary/aromatic N) is 3. The molecule has 0 atom stereocenters. The summed E-state index contributed by atoms with van der Waals surface area (Å²) in [5, 5.41) is 5.96. The zero-order valence-corrected chi connectivity index (χ0v) is 16.1. The van der Waals surface area contributed by atoms with E-state index in [4.69, 9.17) is 0 Å². The number of fused-ring (bicyclic) bond motifs is 1. The van der Waals surface area contributed by atoms with E-state index < -0.39 is 0 Å². The highest BCUT2D eigenvalue weighted by Gasteiger charge is 2.17. The molecular formula is C23H16FN3OS. The molecular weight excluding hydrogens is 385 g/mol. The lowest BCUT2D eigenvalue weighted by atomic mass is 10.2. The molecule has 4 rings (SSSR count). The van der Waals surface area contributed by atoms with Crippen LogP contribution in [-0.4, -0.2) is 17.1 Å². The maximum Gasteiger partial charge on any atom is 0.273 e. The third kappa shape index (κ3) is 4.62. The molecule has 0 saturated heterocycles. The Bertz CT molecular complexity index is 1190. The van der Waals surface area contributed by atoms with Crippen molar-refractivity contribution in [2.45, 2.75) is 0 Å². The van der Waals surface area contributed by atoms with E-state index in [9.17, 15) is 9.18 Å². The van der Waals surface area contributed by atoms with E-state index in [2.05, 4.69) is 10.1 Å². The van der Waals surface area contributed by atoms with E-state index in [1.165, 1.54) is 34.6 Å². The molecule has 0 radical (unpaired) electrons. The van der Waals surface area contributed by atoms with Crippen molar-refractivity contribution in [3.05, 3.63) is 102 Å². The Balaban J connectivity index is 1.68. The first kappa shape index (κ1) is 18.7. The molecule has 0 aliphatic rings. The van der Waals surface area contributed by atoms with Gasteiger partial charge in [0, 0.05) is 6.08 Å². The summed E-state index contributed by atoms with van der Waals surface area (Å²) >= 11 is 1.21. The van der Waals surface area contributed by atoms with Gasteiger partial charge in [-0.2, -0.15) is 10.1 Å². The SMILES string of the molecule is O=C(/C=C/c1ccccc1)N(/N=C/c1ccccc1)c1nc2ccc(F)cc2s1. The van der Waals surface area contributed by atoms with E-state index >= 15 is 0 Å². The number of hydrogen-bond donors (Lipinski definition) is 0. The van der Waals surface area contributed by atoms with Gasteiger partial charge in [0.15, 0.2) is 0 Å². The Morgan fingerprint density at radius 2 is 1.66 bits per heavy atom. The molecule has 1 aromatic heterocycles. The lowest BCUT2D eigenvalue weighted by molar-refractivity contribution is -0.114. The minimum absolute atomic E-state index is 0.345. The van der Waals surface area contributed by atoms with Crippen molar-refractivity contribution in [2.75, 3.05) is 5.01 Å². The van der Waals surface area contributed by atoms with Gasteiger partial charge in [-0.3, -0.25) is 4.79 Å². The summed E-state index contributed by atoms with van der Waals surface area (Å²) in [6, 6.07) is 23.3. The van der Waals surface area contributed by atoms with Crippen molar-refractivity contribution >= 4 is 44.9 Å². The van der Waals surface area contributed by atoms with Crippen LogP contribution >= 0.6 is 11.3 Å². The van der Waals surface area contributed by atoms with Crippen molar-refractivity contribution < 1.29 is 9.18 Å². The molecule has 1 heterocycles. The standard InChI is InChI=1S/C23H16FN3OS/c24-19-12-13-20-21(15-19)29-23(26-20)27(25-16-18-9-5-2-6-10-18)22(28)14-11-17-7-3-1-4-8-17/h1-16H/b14-11+,25-16+. The minimum Gasteiger partial charge on any atom is -0.267 e. The molecule has 142 valence electrons. The second-order valence-electron chi connectivity index (χ2n) is 6.16. The summed E-state index contributed by atoms with van der Waals surface area (Å²) in [6.45, 7) is 0. The van der Waals surface area contributed by atoms with Crippen LogP contribution in [0.4, 0.5) is 9.52 Å². The van der Waals surface area contributed by atoms with Crippen LogP contribution in [-0.2, 0) is 4.79 Å². The highest BCUT2D eigenvalue weighted by molar-refractivity contribution is 7.22. The fourth-order valence-electron chi connectivity index (χ4n) is 2.64. The topological polar surface area (TPSA) is 45.6 Å². The van der Waals surface area contributed by atoms with Gasteiger partial charge in [0.1, 0.15) is 5.82 Å². The van der Waals surface area contributed by atoms with E-state index in [0.717, 1.165) is 11.1 Å². The van der Waals surface area contributed by atoms with Crippen LogP contribution in [0.3, 0.4) is 0 Å². The largest absolute Gasteiger partial charge is 0.273 e. The number of amides is 1. The summed E-state index contributed by atoms with van der Waals surface area (Å²) < 4.78 is 14.2. The number of benzene rings is 3. The Hall–Kier alpha value is -3.64. The first-order valence-corrected chi connectivity index (χ1v) is 9.73. The summed E-state index contributed by atoms with van der Waals surface area (Å²) in [6.07, 6.45) is 4.77. The van der Waals surface area contributed by atoms with Crippen LogP contribution in [0, 0.1) is 5.82 Å².